The number of aromatic nitrogens is 2. The zero-order chi connectivity index (χ0) is 15.2. The molecule has 1 fully saturated rings. The second-order valence-corrected chi connectivity index (χ2v) is 5.49. The summed E-state index contributed by atoms with van der Waals surface area (Å²) in [5.41, 5.74) is 1.22. The number of anilines is 1. The summed E-state index contributed by atoms with van der Waals surface area (Å²) < 4.78 is 11.6. The molecule has 1 saturated heterocycles. The van der Waals surface area contributed by atoms with Gasteiger partial charge in [0, 0.05) is 13.1 Å². The van der Waals surface area contributed by atoms with Crippen LogP contribution in [0.5, 0.6) is 0 Å². The number of benzene rings is 1. The molecule has 1 aromatic heterocycles. The van der Waals surface area contributed by atoms with Crippen molar-refractivity contribution in [1.29, 1.82) is 0 Å². The van der Waals surface area contributed by atoms with Gasteiger partial charge in [-0.05, 0) is 25.5 Å². The van der Waals surface area contributed by atoms with E-state index in [-0.39, 0.29) is 0 Å². The van der Waals surface area contributed by atoms with Crippen molar-refractivity contribution in [2.24, 2.45) is 0 Å². The summed E-state index contributed by atoms with van der Waals surface area (Å²) in [5, 5.41) is 11.1. The molecule has 1 aliphatic heterocycles. The zero-order valence-electron chi connectivity index (χ0n) is 12.9. The maximum absolute atomic E-state index is 5.99. The quantitative estimate of drug-likeness (QED) is 0.880. The molecule has 0 saturated carbocycles. The number of rotatable bonds is 6. The molecule has 0 unspecified atom stereocenters. The summed E-state index contributed by atoms with van der Waals surface area (Å²) in [4.78, 5) is 2.13. The average Bonchev–Trinajstić information content (AvgIpc) is 3.03. The van der Waals surface area contributed by atoms with Crippen molar-refractivity contribution < 1.29 is 9.15 Å². The van der Waals surface area contributed by atoms with E-state index < -0.39 is 0 Å². The first-order valence-corrected chi connectivity index (χ1v) is 7.72. The standard InChI is InChI=1S/C16H22N4O2/c1-17-11-15-18-19-16(22-15)20-9-7-14(8-10-20)21-12-13-5-3-2-4-6-13/h2-6,14,17H,7-12H2,1H3. The molecule has 1 aliphatic rings. The first kappa shape index (κ1) is 15.0. The highest BCUT2D eigenvalue weighted by molar-refractivity contribution is 5.25. The molecule has 0 spiro atoms. The van der Waals surface area contributed by atoms with E-state index in [4.69, 9.17) is 9.15 Å². The van der Waals surface area contributed by atoms with Crippen LogP contribution in [0, 0.1) is 0 Å². The van der Waals surface area contributed by atoms with Crippen molar-refractivity contribution in [2.45, 2.75) is 32.1 Å². The lowest BCUT2D eigenvalue weighted by atomic mass is 10.1. The van der Waals surface area contributed by atoms with Gasteiger partial charge < -0.3 is 19.4 Å². The van der Waals surface area contributed by atoms with Crippen LogP contribution in [0.1, 0.15) is 24.3 Å². The maximum Gasteiger partial charge on any atom is 0.318 e. The lowest BCUT2D eigenvalue weighted by Gasteiger charge is -2.30. The molecule has 3 rings (SSSR count). The van der Waals surface area contributed by atoms with E-state index in [1.54, 1.807) is 0 Å². The van der Waals surface area contributed by atoms with Gasteiger partial charge in [-0.1, -0.05) is 35.4 Å². The fourth-order valence-electron chi connectivity index (χ4n) is 2.60. The van der Waals surface area contributed by atoms with Crippen LogP contribution in [0.25, 0.3) is 0 Å². The number of nitrogens with zero attached hydrogens (tertiary/aromatic N) is 3. The number of nitrogens with one attached hydrogen (secondary N) is 1. The van der Waals surface area contributed by atoms with E-state index in [0.29, 0.717) is 31.2 Å². The van der Waals surface area contributed by atoms with Gasteiger partial charge in [0.25, 0.3) is 0 Å². The first-order chi connectivity index (χ1) is 10.8. The molecule has 0 aliphatic carbocycles. The number of piperidine rings is 1. The molecule has 1 N–H and O–H groups in total. The predicted molar refractivity (Wildman–Crippen MR) is 83.5 cm³/mol. The van der Waals surface area contributed by atoms with Gasteiger partial charge in [-0.2, -0.15) is 0 Å². The summed E-state index contributed by atoms with van der Waals surface area (Å²) in [7, 11) is 1.86. The van der Waals surface area contributed by atoms with Crippen LogP contribution >= 0.6 is 0 Å². The van der Waals surface area contributed by atoms with Gasteiger partial charge in [0.1, 0.15) is 0 Å². The largest absolute Gasteiger partial charge is 0.407 e. The van der Waals surface area contributed by atoms with Crippen LogP contribution in [0.3, 0.4) is 0 Å². The predicted octanol–water partition coefficient (Wildman–Crippen LogP) is 1.97. The van der Waals surface area contributed by atoms with Gasteiger partial charge in [0.15, 0.2) is 0 Å². The summed E-state index contributed by atoms with van der Waals surface area (Å²) in [6.45, 7) is 3.06. The van der Waals surface area contributed by atoms with Crippen LogP contribution in [-0.4, -0.2) is 36.4 Å². The van der Waals surface area contributed by atoms with Gasteiger partial charge in [-0.3, -0.25) is 0 Å². The highest BCUT2D eigenvalue weighted by Gasteiger charge is 2.23. The fourth-order valence-corrected chi connectivity index (χ4v) is 2.60. The molecule has 0 radical (unpaired) electrons. The Morgan fingerprint density at radius 3 is 2.73 bits per heavy atom. The number of ether oxygens (including phenoxy) is 1. The summed E-state index contributed by atoms with van der Waals surface area (Å²) in [5.74, 6) is 0.625. The summed E-state index contributed by atoms with van der Waals surface area (Å²) in [6, 6.07) is 10.9. The molecular weight excluding hydrogens is 280 g/mol. The topological polar surface area (TPSA) is 63.4 Å². The zero-order valence-corrected chi connectivity index (χ0v) is 12.9. The average molecular weight is 302 g/mol. The highest BCUT2D eigenvalue weighted by Crippen LogP contribution is 2.21. The molecule has 0 atom stereocenters. The maximum atomic E-state index is 5.99. The van der Waals surface area contributed by atoms with Crippen molar-refractivity contribution in [3.05, 3.63) is 41.8 Å². The van der Waals surface area contributed by atoms with Crippen molar-refractivity contribution in [3.63, 3.8) is 0 Å². The van der Waals surface area contributed by atoms with Crippen LogP contribution in [0.15, 0.2) is 34.7 Å². The minimum absolute atomic E-state index is 0.302. The second-order valence-electron chi connectivity index (χ2n) is 5.49. The molecule has 6 heteroatoms. The smallest absolute Gasteiger partial charge is 0.318 e. The fraction of sp³-hybridized carbons (Fsp3) is 0.500. The Morgan fingerprint density at radius 2 is 2.00 bits per heavy atom. The first-order valence-electron chi connectivity index (χ1n) is 7.72. The molecule has 6 nitrogen and oxygen atoms in total. The van der Waals surface area contributed by atoms with Gasteiger partial charge in [0.05, 0.1) is 19.3 Å². The van der Waals surface area contributed by atoms with Crippen molar-refractivity contribution in [2.75, 3.05) is 25.0 Å². The van der Waals surface area contributed by atoms with Crippen molar-refractivity contribution >= 4 is 6.01 Å². The van der Waals surface area contributed by atoms with E-state index in [2.05, 4.69) is 32.5 Å². The number of hydrogen-bond donors (Lipinski definition) is 1. The Labute approximate surface area is 130 Å². The van der Waals surface area contributed by atoms with E-state index in [0.717, 1.165) is 25.9 Å². The third-order valence-electron chi connectivity index (χ3n) is 3.83. The molecule has 2 aromatic rings. The Bertz CT molecular complexity index is 565. The van der Waals surface area contributed by atoms with E-state index in [1.165, 1.54) is 5.56 Å². The van der Waals surface area contributed by atoms with Gasteiger partial charge in [-0.25, -0.2) is 0 Å². The normalized spacial score (nSPS) is 16.1. The monoisotopic (exact) mass is 302 g/mol. The SMILES string of the molecule is CNCc1nnc(N2CCC(OCc3ccccc3)CC2)o1. The van der Waals surface area contributed by atoms with Crippen molar-refractivity contribution in [1.82, 2.24) is 15.5 Å². The van der Waals surface area contributed by atoms with E-state index >= 15 is 0 Å². The third kappa shape index (κ3) is 3.84. The minimum Gasteiger partial charge on any atom is -0.407 e. The Hall–Kier alpha value is -1.92. The second kappa shape index (κ2) is 7.38. The lowest BCUT2D eigenvalue weighted by Crippen LogP contribution is -2.37. The van der Waals surface area contributed by atoms with Crippen molar-refractivity contribution in [3.8, 4) is 0 Å². The van der Waals surface area contributed by atoms with Gasteiger partial charge >= 0.3 is 6.01 Å². The molecule has 118 valence electrons. The lowest BCUT2D eigenvalue weighted by molar-refractivity contribution is 0.0246. The molecule has 22 heavy (non-hydrogen) atoms. The summed E-state index contributed by atoms with van der Waals surface area (Å²) >= 11 is 0. The molecular formula is C16H22N4O2. The Kier molecular flexibility index (Phi) is 5.03. The van der Waals surface area contributed by atoms with Crippen LogP contribution in [0.2, 0.25) is 0 Å². The molecule has 0 bridgehead atoms. The Balaban J connectivity index is 1.45. The number of hydrogen-bond acceptors (Lipinski definition) is 6. The molecule has 0 amide bonds. The third-order valence-corrected chi connectivity index (χ3v) is 3.83. The molecule has 2 heterocycles. The Morgan fingerprint density at radius 1 is 1.23 bits per heavy atom. The van der Waals surface area contributed by atoms with E-state index in [1.807, 2.05) is 25.2 Å². The highest BCUT2D eigenvalue weighted by atomic mass is 16.5. The van der Waals surface area contributed by atoms with E-state index in [9.17, 15) is 0 Å². The van der Waals surface area contributed by atoms with Crippen LogP contribution in [-0.2, 0) is 17.9 Å². The minimum atomic E-state index is 0.302. The summed E-state index contributed by atoms with van der Waals surface area (Å²) in [6.07, 6.45) is 2.27. The molecule has 1 aromatic carbocycles. The van der Waals surface area contributed by atoms with Crippen LogP contribution in [0.4, 0.5) is 6.01 Å². The van der Waals surface area contributed by atoms with Gasteiger partial charge in [0.2, 0.25) is 5.89 Å². The van der Waals surface area contributed by atoms with Gasteiger partial charge in [-0.15, -0.1) is 5.10 Å². The van der Waals surface area contributed by atoms with Crippen LogP contribution < -0.4 is 10.2 Å².